The molecular formula is C10H18N2OS. The summed E-state index contributed by atoms with van der Waals surface area (Å²) in [6.07, 6.45) is 0.967. The standard InChI is InChI=1S/C10H18N2OS/c1-7(2)4-9(5-13)12-10-11-8(3)6-14-10/h6-7,9,13H,4-5H2,1-3H3,(H,11,12). The van der Waals surface area contributed by atoms with Gasteiger partial charge in [0, 0.05) is 5.38 Å². The quantitative estimate of drug-likeness (QED) is 0.790. The summed E-state index contributed by atoms with van der Waals surface area (Å²) in [5.41, 5.74) is 1.03. The van der Waals surface area contributed by atoms with Crippen molar-refractivity contribution in [2.75, 3.05) is 11.9 Å². The van der Waals surface area contributed by atoms with Crippen LogP contribution in [0.5, 0.6) is 0 Å². The molecule has 0 aromatic carbocycles. The molecule has 2 N–H and O–H groups in total. The van der Waals surface area contributed by atoms with E-state index in [1.54, 1.807) is 11.3 Å². The molecule has 0 saturated heterocycles. The molecule has 0 aliphatic carbocycles. The minimum Gasteiger partial charge on any atom is -0.394 e. The molecule has 14 heavy (non-hydrogen) atoms. The van der Waals surface area contributed by atoms with Gasteiger partial charge in [0.15, 0.2) is 5.13 Å². The molecule has 1 heterocycles. The maximum absolute atomic E-state index is 9.16. The van der Waals surface area contributed by atoms with Crippen LogP contribution in [0.1, 0.15) is 26.0 Å². The molecule has 0 aliphatic rings. The number of aliphatic hydroxyl groups excluding tert-OH is 1. The van der Waals surface area contributed by atoms with Gasteiger partial charge in [-0.25, -0.2) is 4.98 Å². The first-order valence-corrected chi connectivity index (χ1v) is 5.79. The van der Waals surface area contributed by atoms with Gasteiger partial charge in [-0.2, -0.15) is 0 Å². The van der Waals surface area contributed by atoms with Crippen LogP contribution in [0.2, 0.25) is 0 Å². The van der Waals surface area contributed by atoms with E-state index >= 15 is 0 Å². The van der Waals surface area contributed by atoms with E-state index in [1.807, 2.05) is 12.3 Å². The summed E-state index contributed by atoms with van der Waals surface area (Å²) in [6, 6.07) is 0.126. The van der Waals surface area contributed by atoms with Gasteiger partial charge in [-0.15, -0.1) is 11.3 Å². The number of hydrogen-bond donors (Lipinski definition) is 2. The molecule has 1 aromatic rings. The van der Waals surface area contributed by atoms with Gasteiger partial charge in [-0.1, -0.05) is 13.8 Å². The van der Waals surface area contributed by atoms with Gasteiger partial charge in [0.25, 0.3) is 0 Å². The van der Waals surface area contributed by atoms with Crippen LogP contribution in [0.3, 0.4) is 0 Å². The third kappa shape index (κ3) is 3.64. The van der Waals surface area contributed by atoms with Crippen LogP contribution >= 0.6 is 11.3 Å². The molecular weight excluding hydrogens is 196 g/mol. The van der Waals surface area contributed by atoms with E-state index in [2.05, 4.69) is 24.1 Å². The first-order chi connectivity index (χ1) is 6.61. The van der Waals surface area contributed by atoms with Gasteiger partial charge in [0.2, 0.25) is 0 Å². The van der Waals surface area contributed by atoms with Gasteiger partial charge in [-0.3, -0.25) is 0 Å². The fraction of sp³-hybridized carbons (Fsp3) is 0.700. The van der Waals surface area contributed by atoms with Crippen molar-refractivity contribution in [3.63, 3.8) is 0 Å². The Morgan fingerprint density at radius 2 is 2.29 bits per heavy atom. The molecule has 0 spiro atoms. The molecule has 0 radical (unpaired) electrons. The number of hydrogen-bond acceptors (Lipinski definition) is 4. The highest BCUT2D eigenvalue weighted by Crippen LogP contribution is 2.17. The topological polar surface area (TPSA) is 45.1 Å². The number of rotatable bonds is 5. The van der Waals surface area contributed by atoms with Crippen LogP contribution in [0.4, 0.5) is 5.13 Å². The lowest BCUT2D eigenvalue weighted by Gasteiger charge is -2.17. The fourth-order valence-electron chi connectivity index (χ4n) is 1.34. The Morgan fingerprint density at radius 1 is 1.57 bits per heavy atom. The highest BCUT2D eigenvalue weighted by Gasteiger charge is 2.10. The summed E-state index contributed by atoms with van der Waals surface area (Å²) >= 11 is 1.59. The van der Waals surface area contributed by atoms with Crippen molar-refractivity contribution in [1.29, 1.82) is 0 Å². The smallest absolute Gasteiger partial charge is 0.183 e. The second-order valence-electron chi connectivity index (χ2n) is 3.95. The highest BCUT2D eigenvalue weighted by molar-refractivity contribution is 7.13. The van der Waals surface area contributed by atoms with Crippen LogP contribution < -0.4 is 5.32 Å². The minimum absolute atomic E-state index is 0.126. The molecule has 1 aromatic heterocycles. The lowest BCUT2D eigenvalue weighted by molar-refractivity contribution is 0.259. The normalized spacial score (nSPS) is 13.2. The second kappa shape index (κ2) is 5.32. The molecule has 0 aliphatic heterocycles. The highest BCUT2D eigenvalue weighted by atomic mass is 32.1. The lowest BCUT2D eigenvalue weighted by atomic mass is 10.0. The maximum atomic E-state index is 9.16. The summed E-state index contributed by atoms with van der Waals surface area (Å²) in [5.74, 6) is 0.584. The molecule has 4 heteroatoms. The number of aliphatic hydroxyl groups is 1. The Balaban J connectivity index is 2.48. The van der Waals surface area contributed by atoms with E-state index in [0.717, 1.165) is 17.2 Å². The van der Waals surface area contributed by atoms with E-state index in [1.165, 1.54) is 0 Å². The van der Waals surface area contributed by atoms with Gasteiger partial charge in [0.1, 0.15) is 0 Å². The molecule has 0 fully saturated rings. The Bertz CT molecular complexity index is 273. The molecule has 1 rings (SSSR count). The first-order valence-electron chi connectivity index (χ1n) is 4.91. The van der Waals surface area contributed by atoms with E-state index in [0.29, 0.717) is 5.92 Å². The van der Waals surface area contributed by atoms with Gasteiger partial charge in [-0.05, 0) is 19.3 Å². The number of thiazole rings is 1. The van der Waals surface area contributed by atoms with E-state index < -0.39 is 0 Å². The summed E-state index contributed by atoms with van der Waals surface area (Å²) < 4.78 is 0. The number of aromatic nitrogens is 1. The van der Waals surface area contributed by atoms with Crippen LogP contribution in [-0.4, -0.2) is 22.7 Å². The maximum Gasteiger partial charge on any atom is 0.183 e. The molecule has 1 unspecified atom stereocenters. The Labute approximate surface area is 89.2 Å². The molecule has 80 valence electrons. The van der Waals surface area contributed by atoms with Gasteiger partial charge >= 0.3 is 0 Å². The Morgan fingerprint density at radius 3 is 2.71 bits per heavy atom. The van der Waals surface area contributed by atoms with Crippen molar-refractivity contribution < 1.29 is 5.11 Å². The van der Waals surface area contributed by atoms with Crippen molar-refractivity contribution in [3.05, 3.63) is 11.1 Å². The second-order valence-corrected chi connectivity index (χ2v) is 4.81. The van der Waals surface area contributed by atoms with Crippen LogP contribution in [-0.2, 0) is 0 Å². The third-order valence-electron chi connectivity index (χ3n) is 1.92. The molecule has 0 saturated carbocycles. The summed E-state index contributed by atoms with van der Waals surface area (Å²) in [7, 11) is 0. The lowest BCUT2D eigenvalue weighted by Crippen LogP contribution is -2.25. The predicted molar refractivity (Wildman–Crippen MR) is 60.8 cm³/mol. The summed E-state index contributed by atoms with van der Waals surface area (Å²) in [5, 5.41) is 15.3. The Kier molecular flexibility index (Phi) is 4.35. The first kappa shape index (κ1) is 11.5. The monoisotopic (exact) mass is 214 g/mol. The van der Waals surface area contributed by atoms with Crippen LogP contribution in [0, 0.1) is 12.8 Å². The Hall–Kier alpha value is -0.610. The van der Waals surface area contributed by atoms with Gasteiger partial charge in [0.05, 0.1) is 18.3 Å². The van der Waals surface area contributed by atoms with Crippen molar-refractivity contribution in [3.8, 4) is 0 Å². The number of nitrogens with one attached hydrogen (secondary N) is 1. The van der Waals surface area contributed by atoms with E-state index in [4.69, 9.17) is 5.11 Å². The van der Waals surface area contributed by atoms with Crippen molar-refractivity contribution in [2.24, 2.45) is 5.92 Å². The van der Waals surface area contributed by atoms with E-state index in [-0.39, 0.29) is 12.6 Å². The van der Waals surface area contributed by atoms with Gasteiger partial charge < -0.3 is 10.4 Å². The third-order valence-corrected chi connectivity index (χ3v) is 2.81. The van der Waals surface area contributed by atoms with Crippen molar-refractivity contribution >= 4 is 16.5 Å². The minimum atomic E-state index is 0.126. The van der Waals surface area contributed by atoms with Crippen molar-refractivity contribution in [2.45, 2.75) is 33.2 Å². The zero-order chi connectivity index (χ0) is 10.6. The molecule has 0 amide bonds. The number of anilines is 1. The zero-order valence-corrected chi connectivity index (χ0v) is 9.77. The number of nitrogens with zero attached hydrogens (tertiary/aromatic N) is 1. The SMILES string of the molecule is Cc1csc(NC(CO)CC(C)C)n1. The summed E-state index contributed by atoms with van der Waals surface area (Å²) in [4.78, 5) is 4.30. The summed E-state index contributed by atoms with van der Waals surface area (Å²) in [6.45, 7) is 6.43. The average molecular weight is 214 g/mol. The van der Waals surface area contributed by atoms with E-state index in [9.17, 15) is 0 Å². The largest absolute Gasteiger partial charge is 0.394 e. The number of aryl methyl sites for hydroxylation is 1. The fourth-order valence-corrected chi connectivity index (χ4v) is 2.11. The molecule has 3 nitrogen and oxygen atoms in total. The van der Waals surface area contributed by atoms with Crippen LogP contribution in [0.25, 0.3) is 0 Å². The predicted octanol–water partition coefficient (Wildman–Crippen LogP) is 2.27. The average Bonchev–Trinajstić information content (AvgIpc) is 2.49. The zero-order valence-electron chi connectivity index (χ0n) is 8.95. The molecule has 1 atom stereocenters. The van der Waals surface area contributed by atoms with Crippen LogP contribution in [0.15, 0.2) is 5.38 Å². The molecule has 0 bridgehead atoms. The van der Waals surface area contributed by atoms with Crippen molar-refractivity contribution in [1.82, 2.24) is 4.98 Å².